The van der Waals surface area contributed by atoms with E-state index >= 15 is 0 Å². The first-order valence-corrected chi connectivity index (χ1v) is 8.02. The van der Waals surface area contributed by atoms with E-state index in [1.165, 1.54) is 21.9 Å². The van der Waals surface area contributed by atoms with E-state index in [-0.39, 0.29) is 0 Å². The molecule has 0 bridgehead atoms. The molecule has 1 aliphatic rings. The average molecular weight is 339 g/mol. The SMILES string of the molecule is Brc1ccc2c3c(cccc13)-c1nc3cscc3nc1-2. The molecule has 0 amide bonds. The molecule has 4 heteroatoms. The second kappa shape index (κ2) is 3.65. The maximum Gasteiger partial charge on any atom is 0.100 e. The van der Waals surface area contributed by atoms with Crippen molar-refractivity contribution in [1.29, 1.82) is 0 Å². The van der Waals surface area contributed by atoms with E-state index in [1.807, 2.05) is 0 Å². The summed E-state index contributed by atoms with van der Waals surface area (Å²) < 4.78 is 1.12. The largest absolute Gasteiger partial charge is 0.243 e. The van der Waals surface area contributed by atoms with Gasteiger partial charge in [-0.1, -0.05) is 40.2 Å². The second-order valence-electron chi connectivity index (χ2n) is 4.89. The molecule has 4 aromatic rings. The van der Waals surface area contributed by atoms with E-state index < -0.39 is 0 Å². The lowest BCUT2D eigenvalue weighted by molar-refractivity contribution is 1.33. The Morgan fingerprint density at radius 2 is 1.55 bits per heavy atom. The summed E-state index contributed by atoms with van der Waals surface area (Å²) in [5.41, 5.74) is 6.36. The van der Waals surface area contributed by atoms with Crippen LogP contribution in [-0.2, 0) is 0 Å². The predicted octanol–water partition coefficient (Wildman–Crippen LogP) is 5.25. The molecule has 20 heavy (non-hydrogen) atoms. The van der Waals surface area contributed by atoms with Crippen LogP contribution in [0.4, 0.5) is 0 Å². The highest BCUT2D eigenvalue weighted by Crippen LogP contribution is 2.47. The Bertz CT molecular complexity index is 976. The second-order valence-corrected chi connectivity index (χ2v) is 6.48. The zero-order valence-electron chi connectivity index (χ0n) is 10.2. The van der Waals surface area contributed by atoms with Gasteiger partial charge in [-0.3, -0.25) is 0 Å². The molecule has 0 atom stereocenters. The number of nitrogens with zero attached hydrogens (tertiary/aromatic N) is 2. The molecular weight excluding hydrogens is 332 g/mol. The summed E-state index contributed by atoms with van der Waals surface area (Å²) in [4.78, 5) is 9.64. The van der Waals surface area contributed by atoms with Gasteiger partial charge in [0.2, 0.25) is 0 Å². The highest BCUT2D eigenvalue weighted by molar-refractivity contribution is 9.10. The van der Waals surface area contributed by atoms with E-state index in [2.05, 4.69) is 57.0 Å². The molecular formula is C16H7BrN2S. The Morgan fingerprint density at radius 1 is 0.850 bits per heavy atom. The topological polar surface area (TPSA) is 25.8 Å². The van der Waals surface area contributed by atoms with Crippen molar-refractivity contribution >= 4 is 49.1 Å². The molecule has 0 radical (unpaired) electrons. The van der Waals surface area contributed by atoms with Crippen molar-refractivity contribution in [1.82, 2.24) is 9.97 Å². The number of hydrogen-bond acceptors (Lipinski definition) is 3. The summed E-state index contributed by atoms with van der Waals surface area (Å²) in [7, 11) is 0. The van der Waals surface area contributed by atoms with Crippen molar-refractivity contribution in [2.75, 3.05) is 0 Å². The quantitative estimate of drug-likeness (QED) is 0.385. The van der Waals surface area contributed by atoms with Gasteiger partial charge in [-0.25, -0.2) is 9.97 Å². The fourth-order valence-corrected chi connectivity index (χ4v) is 4.07. The summed E-state index contributed by atoms with van der Waals surface area (Å²) in [6.07, 6.45) is 0. The molecule has 2 aromatic heterocycles. The van der Waals surface area contributed by atoms with Crippen molar-refractivity contribution in [3.05, 3.63) is 45.6 Å². The predicted molar refractivity (Wildman–Crippen MR) is 87.1 cm³/mol. The Balaban J connectivity index is 2.04. The Kier molecular flexibility index (Phi) is 2.00. The molecule has 0 fully saturated rings. The maximum atomic E-state index is 4.82. The van der Waals surface area contributed by atoms with Crippen LogP contribution in [0, 0.1) is 0 Å². The summed E-state index contributed by atoms with van der Waals surface area (Å²) in [6.45, 7) is 0. The van der Waals surface area contributed by atoms with Crippen LogP contribution in [0.5, 0.6) is 0 Å². The van der Waals surface area contributed by atoms with Gasteiger partial charge in [0, 0.05) is 31.7 Å². The van der Waals surface area contributed by atoms with E-state index in [9.17, 15) is 0 Å². The third kappa shape index (κ3) is 1.23. The van der Waals surface area contributed by atoms with Crippen molar-refractivity contribution < 1.29 is 0 Å². The van der Waals surface area contributed by atoms with Gasteiger partial charge in [0.15, 0.2) is 0 Å². The van der Waals surface area contributed by atoms with Gasteiger partial charge in [-0.15, -0.1) is 11.3 Å². The van der Waals surface area contributed by atoms with Crippen LogP contribution in [0.1, 0.15) is 0 Å². The minimum atomic E-state index is 0.984. The van der Waals surface area contributed by atoms with Crippen LogP contribution in [-0.4, -0.2) is 9.97 Å². The highest BCUT2D eigenvalue weighted by Gasteiger charge is 2.25. The van der Waals surface area contributed by atoms with Gasteiger partial charge < -0.3 is 0 Å². The third-order valence-electron chi connectivity index (χ3n) is 3.81. The Morgan fingerprint density at radius 3 is 2.30 bits per heavy atom. The van der Waals surface area contributed by atoms with E-state index in [1.54, 1.807) is 11.3 Å². The first-order valence-electron chi connectivity index (χ1n) is 6.29. The zero-order chi connectivity index (χ0) is 13.3. The van der Waals surface area contributed by atoms with Gasteiger partial charge in [-0.2, -0.15) is 0 Å². The molecule has 0 unspecified atom stereocenters. The number of rotatable bonds is 0. The van der Waals surface area contributed by atoms with Crippen LogP contribution in [0.25, 0.3) is 44.3 Å². The lowest BCUT2D eigenvalue weighted by Crippen LogP contribution is -1.87. The van der Waals surface area contributed by atoms with Crippen LogP contribution >= 0.6 is 27.3 Å². The van der Waals surface area contributed by atoms with Gasteiger partial charge in [0.25, 0.3) is 0 Å². The van der Waals surface area contributed by atoms with E-state index in [4.69, 9.17) is 9.97 Å². The molecule has 94 valence electrons. The fraction of sp³-hybridized carbons (Fsp3) is 0. The molecule has 2 nitrogen and oxygen atoms in total. The van der Waals surface area contributed by atoms with Gasteiger partial charge in [0.05, 0.1) is 11.4 Å². The number of hydrogen-bond donors (Lipinski definition) is 0. The first kappa shape index (κ1) is 10.9. The first-order chi connectivity index (χ1) is 9.83. The number of aromatic nitrogens is 2. The van der Waals surface area contributed by atoms with Gasteiger partial charge in [0.1, 0.15) is 11.0 Å². The number of thiophene rings is 1. The monoisotopic (exact) mass is 338 g/mol. The normalized spacial score (nSPS) is 12.2. The van der Waals surface area contributed by atoms with E-state index in [0.29, 0.717) is 0 Å². The van der Waals surface area contributed by atoms with Crippen LogP contribution in [0.2, 0.25) is 0 Å². The van der Waals surface area contributed by atoms with Crippen LogP contribution < -0.4 is 0 Å². The highest BCUT2D eigenvalue weighted by atomic mass is 79.9. The van der Waals surface area contributed by atoms with Crippen molar-refractivity contribution in [3.8, 4) is 22.5 Å². The molecule has 5 rings (SSSR count). The fourth-order valence-electron chi connectivity index (χ4n) is 2.94. The number of halogens is 1. The summed E-state index contributed by atoms with van der Waals surface area (Å²) in [5, 5.41) is 6.60. The van der Waals surface area contributed by atoms with Crippen LogP contribution in [0.15, 0.2) is 45.6 Å². The van der Waals surface area contributed by atoms with Gasteiger partial charge in [-0.05, 0) is 11.5 Å². The summed E-state index contributed by atoms with van der Waals surface area (Å²) in [5.74, 6) is 0. The van der Waals surface area contributed by atoms with E-state index in [0.717, 1.165) is 26.9 Å². The Hall–Kier alpha value is -1.78. The molecule has 0 N–H and O–H groups in total. The molecule has 2 aromatic carbocycles. The lowest BCUT2D eigenvalue weighted by Gasteiger charge is -2.03. The van der Waals surface area contributed by atoms with Crippen molar-refractivity contribution in [2.45, 2.75) is 0 Å². The molecule has 0 saturated carbocycles. The maximum absolute atomic E-state index is 4.82. The molecule has 0 spiro atoms. The standard InChI is InChI=1S/C16H7BrN2S/c17-11-5-4-10-14-8(11)2-1-3-9(14)15-16(10)19-13-7-20-6-12(13)18-15/h1-7H. The van der Waals surface area contributed by atoms with Gasteiger partial charge >= 0.3 is 0 Å². The zero-order valence-corrected chi connectivity index (χ0v) is 12.6. The number of fused-ring (bicyclic) bond motifs is 4. The molecule has 0 saturated heterocycles. The minimum Gasteiger partial charge on any atom is -0.243 e. The smallest absolute Gasteiger partial charge is 0.100 e. The third-order valence-corrected chi connectivity index (χ3v) is 5.22. The molecule has 0 aliphatic heterocycles. The number of benzene rings is 2. The molecule has 2 heterocycles. The Labute approximate surface area is 127 Å². The lowest BCUT2D eigenvalue weighted by atomic mass is 10.0. The van der Waals surface area contributed by atoms with Crippen molar-refractivity contribution in [3.63, 3.8) is 0 Å². The minimum absolute atomic E-state index is 0.984. The average Bonchev–Trinajstić information content (AvgIpc) is 3.04. The van der Waals surface area contributed by atoms with Crippen LogP contribution in [0.3, 0.4) is 0 Å². The summed E-state index contributed by atoms with van der Waals surface area (Å²) in [6, 6.07) is 10.6. The van der Waals surface area contributed by atoms with Crippen molar-refractivity contribution in [2.24, 2.45) is 0 Å². The summed E-state index contributed by atoms with van der Waals surface area (Å²) >= 11 is 5.28. The molecule has 1 aliphatic carbocycles.